The van der Waals surface area contributed by atoms with Gasteiger partial charge in [-0.25, -0.2) is 4.52 Å². The van der Waals surface area contributed by atoms with E-state index in [4.69, 9.17) is 5.10 Å². The lowest BCUT2D eigenvalue weighted by molar-refractivity contribution is 0.570. The van der Waals surface area contributed by atoms with E-state index in [0.29, 0.717) is 11.5 Å². The molecule has 4 heterocycles. The van der Waals surface area contributed by atoms with Crippen molar-refractivity contribution in [1.82, 2.24) is 19.9 Å². The van der Waals surface area contributed by atoms with Gasteiger partial charge in [-0.05, 0) is 36.5 Å². The van der Waals surface area contributed by atoms with E-state index < -0.39 is 0 Å². The van der Waals surface area contributed by atoms with Crippen LogP contribution in [0.1, 0.15) is 67.5 Å². The monoisotopic (exact) mass is 419 g/mol. The standard InChI is InChI=1S/C24H29N5S/c1-3-5-7-17(4-2)19-9-12-29-24(22(19)18-8-6-10-26-15-18)20(14-25)23(28-29)21-16-27-11-13-30-21/h6,8-10,12,15,17,21,27H,3-5,7,11,13,16H2,1-2H3. The first-order chi connectivity index (χ1) is 14.8. The minimum absolute atomic E-state index is 0.209. The molecule has 1 fully saturated rings. The summed E-state index contributed by atoms with van der Waals surface area (Å²) in [7, 11) is 0. The summed E-state index contributed by atoms with van der Waals surface area (Å²) in [5.41, 5.74) is 6.03. The van der Waals surface area contributed by atoms with Crippen LogP contribution in [-0.2, 0) is 0 Å². The Hall–Kier alpha value is -2.36. The predicted molar refractivity (Wildman–Crippen MR) is 124 cm³/mol. The van der Waals surface area contributed by atoms with Gasteiger partial charge in [0, 0.05) is 48.6 Å². The van der Waals surface area contributed by atoms with Gasteiger partial charge < -0.3 is 5.32 Å². The number of rotatable bonds is 7. The number of nitrogens with one attached hydrogen (secondary N) is 1. The average Bonchev–Trinajstić information content (AvgIpc) is 3.19. The second-order valence-electron chi connectivity index (χ2n) is 7.86. The zero-order valence-corrected chi connectivity index (χ0v) is 18.6. The highest BCUT2D eigenvalue weighted by Crippen LogP contribution is 2.40. The Bertz CT molecular complexity index is 1030. The molecule has 2 unspecified atom stereocenters. The van der Waals surface area contributed by atoms with Gasteiger partial charge >= 0.3 is 0 Å². The van der Waals surface area contributed by atoms with Gasteiger partial charge in [-0.15, -0.1) is 11.8 Å². The number of hydrogen-bond acceptors (Lipinski definition) is 5. The minimum Gasteiger partial charge on any atom is -0.314 e. The van der Waals surface area contributed by atoms with Crippen molar-refractivity contribution in [3.8, 4) is 17.2 Å². The lowest BCUT2D eigenvalue weighted by Crippen LogP contribution is -2.28. The van der Waals surface area contributed by atoms with Crippen LogP contribution in [0.15, 0.2) is 36.8 Å². The largest absolute Gasteiger partial charge is 0.314 e. The van der Waals surface area contributed by atoms with Crippen LogP contribution in [0.4, 0.5) is 0 Å². The van der Waals surface area contributed by atoms with Gasteiger partial charge in [0.2, 0.25) is 0 Å². The maximum atomic E-state index is 10.2. The molecule has 0 amide bonds. The molecule has 1 N–H and O–H groups in total. The number of aromatic nitrogens is 3. The molecule has 0 saturated carbocycles. The molecule has 0 spiro atoms. The zero-order valence-electron chi connectivity index (χ0n) is 17.8. The zero-order chi connectivity index (χ0) is 20.9. The molecule has 1 saturated heterocycles. The first-order valence-corrected chi connectivity index (χ1v) is 12.0. The predicted octanol–water partition coefficient (Wildman–Crippen LogP) is 5.33. The van der Waals surface area contributed by atoms with E-state index >= 15 is 0 Å². The molecule has 3 aromatic rings. The number of thioether (sulfide) groups is 1. The van der Waals surface area contributed by atoms with E-state index in [9.17, 15) is 5.26 Å². The Balaban J connectivity index is 1.95. The molecule has 6 heteroatoms. The Morgan fingerprint density at radius 1 is 1.37 bits per heavy atom. The van der Waals surface area contributed by atoms with Crippen molar-refractivity contribution in [2.75, 3.05) is 18.8 Å². The van der Waals surface area contributed by atoms with Crippen LogP contribution in [0.3, 0.4) is 0 Å². The molecule has 3 aromatic heterocycles. The summed E-state index contributed by atoms with van der Waals surface area (Å²) >= 11 is 1.89. The number of nitrogens with zero attached hydrogens (tertiary/aromatic N) is 4. The third kappa shape index (κ3) is 3.97. The SMILES string of the molecule is CCCCC(CC)c1ccn2nc(C3CNCCS3)c(C#N)c2c1-c1cccnc1. The fraction of sp³-hybridized carbons (Fsp3) is 0.458. The first-order valence-electron chi connectivity index (χ1n) is 11.0. The van der Waals surface area contributed by atoms with Crippen LogP contribution in [0.25, 0.3) is 16.6 Å². The van der Waals surface area contributed by atoms with Crippen LogP contribution in [0, 0.1) is 11.3 Å². The quantitative estimate of drug-likeness (QED) is 0.561. The van der Waals surface area contributed by atoms with Crippen molar-refractivity contribution in [3.05, 3.63) is 53.6 Å². The van der Waals surface area contributed by atoms with Crippen LogP contribution in [0.5, 0.6) is 0 Å². The highest BCUT2D eigenvalue weighted by molar-refractivity contribution is 7.99. The highest BCUT2D eigenvalue weighted by atomic mass is 32.2. The van der Waals surface area contributed by atoms with E-state index in [0.717, 1.165) is 54.0 Å². The van der Waals surface area contributed by atoms with Crippen molar-refractivity contribution in [2.45, 2.75) is 50.7 Å². The van der Waals surface area contributed by atoms with Crippen LogP contribution in [0.2, 0.25) is 0 Å². The third-order valence-electron chi connectivity index (χ3n) is 5.99. The van der Waals surface area contributed by atoms with Crippen LogP contribution in [-0.4, -0.2) is 33.4 Å². The maximum absolute atomic E-state index is 10.2. The molecular formula is C24H29N5S. The summed E-state index contributed by atoms with van der Waals surface area (Å²) < 4.78 is 1.92. The van der Waals surface area contributed by atoms with Crippen molar-refractivity contribution in [3.63, 3.8) is 0 Å². The average molecular weight is 420 g/mol. The van der Waals surface area contributed by atoms with Crippen LogP contribution < -0.4 is 5.32 Å². The van der Waals surface area contributed by atoms with Gasteiger partial charge in [-0.2, -0.15) is 10.4 Å². The summed E-state index contributed by atoms with van der Waals surface area (Å²) in [6.07, 6.45) is 10.4. The normalized spacial score (nSPS) is 17.7. The summed E-state index contributed by atoms with van der Waals surface area (Å²) in [6, 6.07) is 8.79. The fourth-order valence-corrected chi connectivity index (χ4v) is 5.54. The van der Waals surface area contributed by atoms with E-state index in [1.54, 1.807) is 6.20 Å². The second-order valence-corrected chi connectivity index (χ2v) is 9.17. The number of hydrogen-bond donors (Lipinski definition) is 1. The van der Waals surface area contributed by atoms with Gasteiger partial charge in [-0.1, -0.05) is 32.8 Å². The van der Waals surface area contributed by atoms with E-state index in [2.05, 4.69) is 42.4 Å². The van der Waals surface area contributed by atoms with Gasteiger partial charge in [-0.3, -0.25) is 4.98 Å². The molecule has 0 aromatic carbocycles. The summed E-state index contributed by atoms with van der Waals surface area (Å²) in [6.45, 7) is 6.36. The molecular weight excluding hydrogens is 390 g/mol. The Morgan fingerprint density at radius 2 is 2.27 bits per heavy atom. The minimum atomic E-state index is 0.209. The smallest absolute Gasteiger partial charge is 0.103 e. The number of fused-ring (bicyclic) bond motifs is 1. The van der Waals surface area contributed by atoms with Gasteiger partial charge in [0.1, 0.15) is 11.6 Å². The Kier molecular flexibility index (Phi) is 6.71. The molecule has 0 radical (unpaired) electrons. The second kappa shape index (κ2) is 9.63. The molecule has 0 aliphatic carbocycles. The molecule has 1 aliphatic rings. The number of nitriles is 1. The van der Waals surface area contributed by atoms with Crippen molar-refractivity contribution < 1.29 is 0 Å². The molecule has 4 rings (SSSR count). The van der Waals surface area contributed by atoms with E-state index in [1.807, 2.05) is 34.7 Å². The molecule has 156 valence electrons. The van der Waals surface area contributed by atoms with Gasteiger partial charge in [0.25, 0.3) is 0 Å². The van der Waals surface area contributed by atoms with E-state index in [-0.39, 0.29) is 5.25 Å². The first kappa shape index (κ1) is 20.9. The molecule has 1 aliphatic heterocycles. The molecule has 2 atom stereocenters. The summed E-state index contributed by atoms with van der Waals surface area (Å²) in [5.74, 6) is 1.50. The van der Waals surface area contributed by atoms with Crippen molar-refractivity contribution >= 4 is 17.3 Å². The highest BCUT2D eigenvalue weighted by Gasteiger charge is 2.27. The van der Waals surface area contributed by atoms with Crippen LogP contribution >= 0.6 is 11.8 Å². The third-order valence-corrected chi connectivity index (χ3v) is 7.22. The lowest BCUT2D eigenvalue weighted by Gasteiger charge is -2.21. The Labute approximate surface area is 182 Å². The van der Waals surface area contributed by atoms with Gasteiger partial charge in [0.05, 0.1) is 16.5 Å². The fourth-order valence-electron chi connectivity index (χ4n) is 4.43. The van der Waals surface area contributed by atoms with Gasteiger partial charge in [0.15, 0.2) is 0 Å². The number of pyridine rings is 2. The lowest BCUT2D eigenvalue weighted by atomic mass is 9.85. The van der Waals surface area contributed by atoms with Crippen molar-refractivity contribution in [2.24, 2.45) is 0 Å². The number of unbranched alkanes of at least 4 members (excludes halogenated alkanes) is 1. The molecule has 5 nitrogen and oxygen atoms in total. The van der Waals surface area contributed by atoms with Crippen molar-refractivity contribution in [1.29, 1.82) is 5.26 Å². The summed E-state index contributed by atoms with van der Waals surface area (Å²) in [5, 5.41) is 18.7. The topological polar surface area (TPSA) is 66.0 Å². The van der Waals surface area contributed by atoms with E-state index in [1.165, 1.54) is 18.4 Å². The maximum Gasteiger partial charge on any atom is 0.103 e. The molecule has 30 heavy (non-hydrogen) atoms. The molecule has 0 bridgehead atoms. The summed E-state index contributed by atoms with van der Waals surface area (Å²) in [4.78, 5) is 4.38. The Morgan fingerprint density at radius 3 is 2.93 bits per heavy atom.